The lowest BCUT2D eigenvalue weighted by Gasteiger charge is -2.47. The van der Waals surface area contributed by atoms with Gasteiger partial charge in [0.15, 0.2) is 0 Å². The fourth-order valence-electron chi connectivity index (χ4n) is 2.06. The monoisotopic (exact) mass is 198 g/mol. The van der Waals surface area contributed by atoms with Crippen LogP contribution in [0.2, 0.25) is 0 Å². The number of carbonyl (C=O) groups excluding carboxylic acids is 1. The van der Waals surface area contributed by atoms with Crippen LogP contribution in [0.15, 0.2) is 0 Å². The molecular weight excluding hydrogens is 180 g/mol. The number of hydrogen-bond acceptors (Lipinski definition) is 3. The van der Waals surface area contributed by atoms with Crippen molar-refractivity contribution in [3.63, 3.8) is 0 Å². The summed E-state index contributed by atoms with van der Waals surface area (Å²) >= 11 is 0. The predicted octanol–water partition coefficient (Wildman–Crippen LogP) is -0.293. The SMILES string of the molecule is CCC(N)C(=O)N1CC(O)(C2CC2)C1. The first kappa shape index (κ1) is 9.93. The average Bonchev–Trinajstić information content (AvgIpc) is 2.93. The lowest BCUT2D eigenvalue weighted by Crippen LogP contribution is -2.66. The summed E-state index contributed by atoms with van der Waals surface area (Å²) in [5, 5.41) is 9.99. The van der Waals surface area contributed by atoms with Gasteiger partial charge in [-0.05, 0) is 25.2 Å². The zero-order valence-electron chi connectivity index (χ0n) is 8.57. The van der Waals surface area contributed by atoms with Gasteiger partial charge in [0.05, 0.1) is 19.1 Å². The molecule has 1 saturated carbocycles. The summed E-state index contributed by atoms with van der Waals surface area (Å²) in [6, 6.07) is -0.390. The van der Waals surface area contributed by atoms with E-state index in [9.17, 15) is 9.90 Å². The Labute approximate surface area is 84.1 Å². The number of rotatable bonds is 3. The second-order valence-electron chi connectivity index (χ2n) is 4.59. The average molecular weight is 198 g/mol. The molecule has 3 N–H and O–H groups in total. The second-order valence-corrected chi connectivity index (χ2v) is 4.59. The molecule has 80 valence electrons. The zero-order valence-corrected chi connectivity index (χ0v) is 8.57. The lowest BCUT2D eigenvalue weighted by atomic mass is 9.88. The fraction of sp³-hybridized carbons (Fsp3) is 0.900. The number of nitrogens with two attached hydrogens (primary N) is 1. The molecule has 1 amide bonds. The molecule has 0 spiro atoms. The van der Waals surface area contributed by atoms with E-state index < -0.39 is 11.6 Å². The smallest absolute Gasteiger partial charge is 0.239 e. The molecule has 1 atom stereocenters. The van der Waals surface area contributed by atoms with E-state index >= 15 is 0 Å². The molecule has 2 rings (SSSR count). The van der Waals surface area contributed by atoms with Crippen molar-refractivity contribution in [2.24, 2.45) is 11.7 Å². The van der Waals surface area contributed by atoms with Crippen molar-refractivity contribution in [3.05, 3.63) is 0 Å². The lowest BCUT2D eigenvalue weighted by molar-refractivity contribution is -0.160. The molecule has 0 aromatic carbocycles. The van der Waals surface area contributed by atoms with Crippen molar-refractivity contribution < 1.29 is 9.90 Å². The zero-order chi connectivity index (χ0) is 10.3. The Hall–Kier alpha value is -0.610. The minimum atomic E-state index is -0.580. The van der Waals surface area contributed by atoms with E-state index in [-0.39, 0.29) is 5.91 Å². The van der Waals surface area contributed by atoms with Crippen LogP contribution in [0.3, 0.4) is 0 Å². The van der Waals surface area contributed by atoms with Gasteiger partial charge in [-0.3, -0.25) is 4.79 Å². The third-order valence-corrected chi connectivity index (χ3v) is 3.34. The third-order valence-electron chi connectivity index (χ3n) is 3.34. The number of amides is 1. The quantitative estimate of drug-likeness (QED) is 0.654. The van der Waals surface area contributed by atoms with Crippen LogP contribution in [0.5, 0.6) is 0 Å². The van der Waals surface area contributed by atoms with E-state index in [1.54, 1.807) is 4.90 Å². The fourth-order valence-corrected chi connectivity index (χ4v) is 2.06. The second kappa shape index (κ2) is 3.21. The Morgan fingerprint density at radius 3 is 2.64 bits per heavy atom. The predicted molar refractivity (Wildman–Crippen MR) is 52.5 cm³/mol. The highest BCUT2D eigenvalue weighted by atomic mass is 16.3. The number of aliphatic hydroxyl groups is 1. The van der Waals surface area contributed by atoms with Crippen LogP contribution < -0.4 is 5.73 Å². The van der Waals surface area contributed by atoms with Crippen molar-refractivity contribution in [2.45, 2.75) is 37.8 Å². The van der Waals surface area contributed by atoms with E-state index in [2.05, 4.69) is 0 Å². The first-order valence-electron chi connectivity index (χ1n) is 5.33. The maximum Gasteiger partial charge on any atom is 0.239 e. The summed E-state index contributed by atoms with van der Waals surface area (Å²) in [5.74, 6) is 0.419. The Balaban J connectivity index is 1.84. The molecule has 1 saturated heterocycles. The first-order chi connectivity index (χ1) is 6.57. The van der Waals surface area contributed by atoms with Crippen molar-refractivity contribution in [3.8, 4) is 0 Å². The van der Waals surface area contributed by atoms with Gasteiger partial charge in [0.1, 0.15) is 5.60 Å². The Kier molecular flexibility index (Phi) is 2.27. The van der Waals surface area contributed by atoms with Crippen LogP contribution in [0.25, 0.3) is 0 Å². The van der Waals surface area contributed by atoms with Gasteiger partial charge in [-0.1, -0.05) is 6.92 Å². The molecule has 0 aromatic rings. The summed E-state index contributed by atoms with van der Waals surface area (Å²) in [6.45, 7) is 2.88. The number of carbonyl (C=O) groups is 1. The van der Waals surface area contributed by atoms with Gasteiger partial charge in [-0.2, -0.15) is 0 Å². The number of β-amino-alcohol motifs (C(OH)–C–C–N with tert-alkyl or cyclic N) is 1. The van der Waals surface area contributed by atoms with Crippen molar-refractivity contribution in [1.82, 2.24) is 4.90 Å². The number of nitrogens with zero attached hydrogens (tertiary/aromatic N) is 1. The Bertz CT molecular complexity index is 245. The van der Waals surface area contributed by atoms with Gasteiger partial charge in [0.2, 0.25) is 5.91 Å². The van der Waals surface area contributed by atoms with Crippen molar-refractivity contribution in [1.29, 1.82) is 0 Å². The van der Waals surface area contributed by atoms with Gasteiger partial charge in [-0.25, -0.2) is 0 Å². The van der Waals surface area contributed by atoms with Crippen LogP contribution in [0.4, 0.5) is 0 Å². The summed E-state index contributed by atoms with van der Waals surface area (Å²) in [5.41, 5.74) is 5.05. The van der Waals surface area contributed by atoms with E-state index in [0.717, 1.165) is 12.8 Å². The highest BCUT2D eigenvalue weighted by Crippen LogP contribution is 2.44. The van der Waals surface area contributed by atoms with Gasteiger partial charge in [0, 0.05) is 0 Å². The molecule has 1 unspecified atom stereocenters. The maximum atomic E-state index is 11.6. The Morgan fingerprint density at radius 1 is 1.64 bits per heavy atom. The third kappa shape index (κ3) is 1.53. The molecule has 14 heavy (non-hydrogen) atoms. The number of likely N-dealkylation sites (tertiary alicyclic amines) is 1. The number of hydrogen-bond donors (Lipinski definition) is 2. The molecular formula is C10H18N2O2. The minimum absolute atomic E-state index is 0.0159. The highest BCUT2D eigenvalue weighted by Gasteiger charge is 2.53. The standard InChI is InChI=1S/C10H18N2O2/c1-2-8(11)9(13)12-5-10(14,6-12)7-3-4-7/h7-8,14H,2-6,11H2,1H3. The van der Waals surface area contributed by atoms with Gasteiger partial charge < -0.3 is 15.7 Å². The van der Waals surface area contributed by atoms with E-state index in [4.69, 9.17) is 5.73 Å². The maximum absolute atomic E-state index is 11.6. The molecule has 4 nitrogen and oxygen atoms in total. The molecule has 2 fully saturated rings. The summed E-state index contributed by atoms with van der Waals surface area (Å²) < 4.78 is 0. The first-order valence-corrected chi connectivity index (χ1v) is 5.33. The van der Waals surface area contributed by atoms with Crippen LogP contribution in [-0.2, 0) is 4.79 Å². The largest absolute Gasteiger partial charge is 0.386 e. The highest BCUT2D eigenvalue weighted by molar-refractivity contribution is 5.82. The molecule has 2 aliphatic rings. The van der Waals surface area contributed by atoms with E-state index in [1.165, 1.54) is 0 Å². The van der Waals surface area contributed by atoms with Crippen molar-refractivity contribution in [2.75, 3.05) is 13.1 Å². The van der Waals surface area contributed by atoms with Crippen LogP contribution in [-0.4, -0.2) is 40.6 Å². The van der Waals surface area contributed by atoms with E-state index in [1.807, 2.05) is 6.92 Å². The minimum Gasteiger partial charge on any atom is -0.386 e. The molecule has 1 aliphatic carbocycles. The Morgan fingerprint density at radius 2 is 2.21 bits per heavy atom. The normalized spacial score (nSPS) is 26.9. The van der Waals surface area contributed by atoms with Crippen molar-refractivity contribution >= 4 is 5.91 Å². The summed E-state index contributed by atoms with van der Waals surface area (Å²) in [6.07, 6.45) is 2.88. The van der Waals surface area contributed by atoms with Gasteiger partial charge in [0.25, 0.3) is 0 Å². The van der Waals surface area contributed by atoms with Gasteiger partial charge in [-0.15, -0.1) is 0 Å². The van der Waals surface area contributed by atoms with Crippen LogP contribution >= 0.6 is 0 Å². The van der Waals surface area contributed by atoms with Gasteiger partial charge >= 0.3 is 0 Å². The summed E-state index contributed by atoms with van der Waals surface area (Å²) in [7, 11) is 0. The summed E-state index contributed by atoms with van der Waals surface area (Å²) in [4.78, 5) is 13.3. The molecule has 0 radical (unpaired) electrons. The van der Waals surface area contributed by atoms with E-state index in [0.29, 0.717) is 25.4 Å². The molecule has 0 aromatic heterocycles. The van der Waals surface area contributed by atoms with Crippen LogP contribution in [0, 0.1) is 5.92 Å². The van der Waals surface area contributed by atoms with Crippen LogP contribution in [0.1, 0.15) is 26.2 Å². The molecule has 4 heteroatoms. The molecule has 0 bridgehead atoms. The molecule has 1 heterocycles. The molecule has 1 aliphatic heterocycles. The topological polar surface area (TPSA) is 66.6 Å².